The quantitative estimate of drug-likeness (QED) is 0.679. The lowest BCUT2D eigenvalue weighted by Crippen LogP contribution is -2.40. The summed E-state index contributed by atoms with van der Waals surface area (Å²) < 4.78 is 0. The maximum absolute atomic E-state index is 9.06. The number of hydrogen-bond acceptors (Lipinski definition) is 4. The highest BCUT2D eigenvalue weighted by Crippen LogP contribution is 2.44. The van der Waals surface area contributed by atoms with Gasteiger partial charge in [-0.3, -0.25) is 0 Å². The molecule has 0 saturated carbocycles. The van der Waals surface area contributed by atoms with Crippen LogP contribution < -0.4 is 0 Å². The standard InChI is InChI=1S/C20H36N2OS/c1-3-9-20(10-8-15-23)16-19(24-18-20)17-21(4-2)13-14-22-11-6-5-7-12-22/h19,23H,3-7,9,11-18H2,1-2H3. The molecule has 0 bridgehead atoms. The molecule has 4 heteroatoms. The van der Waals surface area contributed by atoms with Crippen molar-refractivity contribution in [2.75, 3.05) is 51.6 Å². The number of thioether (sulfide) groups is 1. The second-order valence-corrected chi connectivity index (χ2v) is 8.71. The summed E-state index contributed by atoms with van der Waals surface area (Å²) in [5, 5.41) is 9.76. The zero-order valence-corrected chi connectivity index (χ0v) is 16.5. The number of hydrogen-bond donors (Lipinski definition) is 1. The lowest BCUT2D eigenvalue weighted by molar-refractivity contribution is 0.183. The molecule has 2 aliphatic heterocycles. The average molecular weight is 353 g/mol. The highest BCUT2D eigenvalue weighted by atomic mass is 32.2. The van der Waals surface area contributed by atoms with Crippen molar-refractivity contribution in [2.45, 2.75) is 57.6 Å². The lowest BCUT2D eigenvalue weighted by atomic mass is 9.81. The maximum Gasteiger partial charge on any atom is 0.104 e. The van der Waals surface area contributed by atoms with E-state index in [0.29, 0.717) is 5.25 Å². The third-order valence-corrected chi connectivity index (χ3v) is 6.97. The second-order valence-electron chi connectivity index (χ2n) is 7.42. The Kier molecular flexibility index (Phi) is 8.97. The van der Waals surface area contributed by atoms with Crippen molar-refractivity contribution in [3.8, 4) is 11.8 Å². The van der Waals surface area contributed by atoms with Gasteiger partial charge < -0.3 is 14.9 Å². The van der Waals surface area contributed by atoms with E-state index in [-0.39, 0.29) is 12.0 Å². The van der Waals surface area contributed by atoms with Crippen LogP contribution in [0.3, 0.4) is 0 Å². The van der Waals surface area contributed by atoms with E-state index in [1.54, 1.807) is 0 Å². The first-order valence-electron chi connectivity index (χ1n) is 9.88. The molecule has 0 aromatic carbocycles. The summed E-state index contributed by atoms with van der Waals surface area (Å²) in [4.78, 5) is 5.27. The molecule has 2 fully saturated rings. The monoisotopic (exact) mass is 352 g/mol. The first kappa shape index (κ1) is 20.1. The van der Waals surface area contributed by atoms with Crippen LogP contribution in [0.2, 0.25) is 0 Å². The Morgan fingerprint density at radius 3 is 2.71 bits per heavy atom. The van der Waals surface area contributed by atoms with Gasteiger partial charge >= 0.3 is 0 Å². The van der Waals surface area contributed by atoms with Crippen LogP contribution >= 0.6 is 11.8 Å². The number of piperidine rings is 1. The third kappa shape index (κ3) is 6.26. The summed E-state index contributed by atoms with van der Waals surface area (Å²) in [5.74, 6) is 7.49. The highest BCUT2D eigenvalue weighted by Gasteiger charge is 2.38. The molecule has 0 aromatic rings. The van der Waals surface area contributed by atoms with Gasteiger partial charge in [0.25, 0.3) is 0 Å². The van der Waals surface area contributed by atoms with E-state index in [1.807, 2.05) is 0 Å². The molecule has 0 aromatic heterocycles. The number of nitrogens with zero attached hydrogens (tertiary/aromatic N) is 2. The van der Waals surface area contributed by atoms with E-state index >= 15 is 0 Å². The maximum atomic E-state index is 9.06. The van der Waals surface area contributed by atoms with E-state index in [1.165, 1.54) is 71.2 Å². The van der Waals surface area contributed by atoms with Crippen LogP contribution in [0.4, 0.5) is 0 Å². The van der Waals surface area contributed by atoms with Gasteiger partial charge in [0.1, 0.15) is 6.61 Å². The van der Waals surface area contributed by atoms with Gasteiger partial charge in [-0.2, -0.15) is 11.8 Å². The Balaban J connectivity index is 1.80. The third-order valence-electron chi connectivity index (χ3n) is 5.47. The number of likely N-dealkylation sites (tertiary alicyclic amines) is 1. The Labute approximate surface area is 153 Å². The van der Waals surface area contributed by atoms with E-state index < -0.39 is 0 Å². The fourth-order valence-corrected chi connectivity index (χ4v) is 5.75. The SMILES string of the molecule is CCCC1(C#CCO)CSC(CN(CC)CCN2CCCCC2)C1. The summed E-state index contributed by atoms with van der Waals surface area (Å²) >= 11 is 2.11. The highest BCUT2D eigenvalue weighted by molar-refractivity contribution is 8.00. The van der Waals surface area contributed by atoms with Crippen molar-refractivity contribution in [3.63, 3.8) is 0 Å². The number of rotatable bonds is 8. The fraction of sp³-hybridized carbons (Fsp3) is 0.900. The molecule has 0 aliphatic carbocycles. The molecule has 24 heavy (non-hydrogen) atoms. The number of aliphatic hydroxyl groups is 1. The Morgan fingerprint density at radius 1 is 1.25 bits per heavy atom. The smallest absolute Gasteiger partial charge is 0.104 e. The lowest BCUT2D eigenvalue weighted by Gasteiger charge is -2.30. The molecule has 2 heterocycles. The van der Waals surface area contributed by atoms with Gasteiger partial charge in [-0.05, 0) is 45.3 Å². The Bertz CT molecular complexity index is 414. The van der Waals surface area contributed by atoms with E-state index in [2.05, 4.69) is 47.3 Å². The van der Waals surface area contributed by atoms with Gasteiger partial charge in [0, 0.05) is 36.1 Å². The topological polar surface area (TPSA) is 26.7 Å². The van der Waals surface area contributed by atoms with E-state index in [9.17, 15) is 0 Å². The molecule has 2 rings (SSSR count). The van der Waals surface area contributed by atoms with Crippen LogP contribution in [0, 0.1) is 17.3 Å². The average Bonchev–Trinajstić information content (AvgIpc) is 3.01. The zero-order chi connectivity index (χ0) is 17.3. The number of aliphatic hydroxyl groups excluding tert-OH is 1. The van der Waals surface area contributed by atoms with Crippen LogP contribution in [0.15, 0.2) is 0 Å². The van der Waals surface area contributed by atoms with E-state index in [4.69, 9.17) is 5.11 Å². The first-order chi connectivity index (χ1) is 11.7. The van der Waals surface area contributed by atoms with Crippen LogP contribution in [0.1, 0.15) is 52.4 Å². The van der Waals surface area contributed by atoms with Gasteiger partial charge in [-0.25, -0.2) is 0 Å². The van der Waals surface area contributed by atoms with Gasteiger partial charge in [-0.1, -0.05) is 38.5 Å². The number of likely N-dealkylation sites (N-methyl/N-ethyl adjacent to an activating group) is 1. The summed E-state index contributed by atoms with van der Waals surface area (Å²) in [6.45, 7) is 11.9. The van der Waals surface area contributed by atoms with Gasteiger partial charge in [0.15, 0.2) is 0 Å². The molecule has 0 radical (unpaired) electrons. The van der Waals surface area contributed by atoms with Crippen LogP contribution in [0.25, 0.3) is 0 Å². The largest absolute Gasteiger partial charge is 0.384 e. The van der Waals surface area contributed by atoms with Crippen molar-refractivity contribution < 1.29 is 5.11 Å². The minimum Gasteiger partial charge on any atom is -0.384 e. The molecule has 2 saturated heterocycles. The van der Waals surface area contributed by atoms with Crippen LogP contribution in [-0.2, 0) is 0 Å². The molecule has 0 amide bonds. The molecule has 2 unspecified atom stereocenters. The molecule has 3 nitrogen and oxygen atoms in total. The normalized spacial score (nSPS) is 28.1. The van der Waals surface area contributed by atoms with Crippen molar-refractivity contribution in [1.82, 2.24) is 9.80 Å². The predicted molar refractivity (Wildman–Crippen MR) is 105 cm³/mol. The predicted octanol–water partition coefficient (Wildman–Crippen LogP) is 3.08. The Hall–Kier alpha value is -0.210. The van der Waals surface area contributed by atoms with Gasteiger partial charge in [-0.15, -0.1) is 0 Å². The van der Waals surface area contributed by atoms with Gasteiger partial charge in [0.2, 0.25) is 0 Å². The summed E-state index contributed by atoms with van der Waals surface area (Å²) in [5.41, 5.74) is 0.152. The molecule has 138 valence electrons. The first-order valence-corrected chi connectivity index (χ1v) is 10.9. The molecule has 0 spiro atoms. The molecule has 1 N–H and O–H groups in total. The van der Waals surface area contributed by atoms with Crippen molar-refractivity contribution in [1.29, 1.82) is 0 Å². The summed E-state index contributed by atoms with van der Waals surface area (Å²) in [7, 11) is 0. The molecule has 2 aliphatic rings. The minimum atomic E-state index is -0.00226. The molecular weight excluding hydrogens is 316 g/mol. The summed E-state index contributed by atoms with van der Waals surface area (Å²) in [6, 6.07) is 0. The minimum absolute atomic E-state index is 0.00226. The van der Waals surface area contributed by atoms with Crippen molar-refractivity contribution >= 4 is 11.8 Å². The van der Waals surface area contributed by atoms with Crippen LogP contribution in [0.5, 0.6) is 0 Å². The zero-order valence-electron chi connectivity index (χ0n) is 15.7. The second kappa shape index (κ2) is 10.7. The van der Waals surface area contributed by atoms with Crippen LogP contribution in [-0.4, -0.2) is 71.8 Å². The fourth-order valence-electron chi connectivity index (χ4n) is 4.11. The van der Waals surface area contributed by atoms with Crippen molar-refractivity contribution in [2.24, 2.45) is 5.41 Å². The van der Waals surface area contributed by atoms with Gasteiger partial charge in [0.05, 0.1) is 0 Å². The summed E-state index contributed by atoms with van der Waals surface area (Å²) in [6.07, 6.45) is 7.73. The Morgan fingerprint density at radius 2 is 2.04 bits per heavy atom. The van der Waals surface area contributed by atoms with Crippen molar-refractivity contribution in [3.05, 3.63) is 0 Å². The molecule has 2 atom stereocenters. The molecular formula is C20H36N2OS. The van der Waals surface area contributed by atoms with E-state index in [0.717, 1.165) is 12.3 Å².